The van der Waals surface area contributed by atoms with Crippen molar-refractivity contribution >= 4 is 17.4 Å². The number of aromatic nitrogens is 1. The summed E-state index contributed by atoms with van der Waals surface area (Å²) < 4.78 is 0. The van der Waals surface area contributed by atoms with Crippen LogP contribution >= 0.6 is 0 Å². The molecule has 0 N–H and O–H groups in total. The molecule has 2 aliphatic rings. The van der Waals surface area contributed by atoms with Crippen molar-refractivity contribution in [1.29, 1.82) is 10.5 Å². The van der Waals surface area contributed by atoms with E-state index in [1.165, 1.54) is 0 Å². The molecular weight excluding hydrogens is 486 g/mol. The van der Waals surface area contributed by atoms with E-state index in [4.69, 9.17) is 0 Å². The average Bonchev–Trinajstić information content (AvgIpc) is 2.98. The van der Waals surface area contributed by atoms with Crippen LogP contribution in [0.25, 0.3) is 0 Å². The Balaban J connectivity index is 1.22. The summed E-state index contributed by atoms with van der Waals surface area (Å²) in [5.74, 6) is 0.848. The number of piperazine rings is 2. The number of nitrogens with zero attached hydrogens (tertiary/aromatic N) is 7. The van der Waals surface area contributed by atoms with E-state index in [1.54, 1.807) is 6.07 Å². The van der Waals surface area contributed by atoms with E-state index in [9.17, 15) is 15.3 Å². The van der Waals surface area contributed by atoms with Crippen LogP contribution in [0.4, 0.5) is 11.5 Å². The van der Waals surface area contributed by atoms with Crippen LogP contribution in [0, 0.1) is 29.6 Å². The molecule has 3 heterocycles. The average molecular weight is 520 g/mol. The highest BCUT2D eigenvalue weighted by Gasteiger charge is 2.30. The van der Waals surface area contributed by atoms with Gasteiger partial charge in [-0.3, -0.25) is 9.69 Å². The Bertz CT molecular complexity index is 1430. The fourth-order valence-corrected chi connectivity index (χ4v) is 5.53. The fraction of sp³-hybridized carbons (Fsp3) is 0.355. The summed E-state index contributed by atoms with van der Waals surface area (Å²) in [6, 6.07) is 23.9. The number of carbonyl (C=O) groups excluding carboxylic acids is 1. The van der Waals surface area contributed by atoms with Gasteiger partial charge in [-0.05, 0) is 55.3 Å². The summed E-state index contributed by atoms with van der Waals surface area (Å²) in [7, 11) is 0. The number of nitriles is 2. The van der Waals surface area contributed by atoms with E-state index in [-0.39, 0.29) is 11.9 Å². The number of carbonyl (C=O) groups is 1. The van der Waals surface area contributed by atoms with E-state index in [1.807, 2.05) is 48.2 Å². The molecule has 0 spiro atoms. The normalized spacial score (nSPS) is 17.9. The molecule has 1 atom stereocenters. The fourth-order valence-electron chi connectivity index (χ4n) is 5.53. The van der Waals surface area contributed by atoms with Gasteiger partial charge in [0, 0.05) is 64.0 Å². The summed E-state index contributed by atoms with van der Waals surface area (Å²) >= 11 is 0. The molecule has 0 saturated carbocycles. The van der Waals surface area contributed by atoms with E-state index >= 15 is 0 Å². The summed E-state index contributed by atoms with van der Waals surface area (Å²) in [6.45, 7) is 10.3. The zero-order chi connectivity index (χ0) is 27.4. The van der Waals surface area contributed by atoms with Crippen LogP contribution in [-0.2, 0) is 6.54 Å². The van der Waals surface area contributed by atoms with Crippen molar-refractivity contribution in [2.75, 3.05) is 55.6 Å². The lowest BCUT2D eigenvalue weighted by Gasteiger charge is -2.40. The van der Waals surface area contributed by atoms with Gasteiger partial charge in [-0.2, -0.15) is 10.5 Å². The van der Waals surface area contributed by atoms with Crippen LogP contribution in [-0.4, -0.2) is 72.5 Å². The van der Waals surface area contributed by atoms with Crippen LogP contribution in [0.2, 0.25) is 0 Å². The van der Waals surface area contributed by atoms with Crippen LogP contribution in [0.5, 0.6) is 0 Å². The Labute approximate surface area is 230 Å². The monoisotopic (exact) mass is 519 g/mol. The van der Waals surface area contributed by atoms with Crippen molar-refractivity contribution in [3.8, 4) is 12.1 Å². The third-order valence-electron chi connectivity index (χ3n) is 7.74. The molecular formula is C31H33N7O. The molecule has 8 heteroatoms. The molecule has 2 saturated heterocycles. The smallest absolute Gasteiger partial charge is 0.254 e. The second kappa shape index (κ2) is 11.6. The van der Waals surface area contributed by atoms with Crippen molar-refractivity contribution in [3.63, 3.8) is 0 Å². The molecule has 0 radical (unpaired) electrons. The number of anilines is 2. The molecule has 198 valence electrons. The van der Waals surface area contributed by atoms with Gasteiger partial charge in [-0.1, -0.05) is 30.3 Å². The summed E-state index contributed by atoms with van der Waals surface area (Å²) in [5, 5.41) is 18.6. The van der Waals surface area contributed by atoms with Gasteiger partial charge in [0.05, 0.1) is 11.3 Å². The molecule has 5 rings (SSSR count). The van der Waals surface area contributed by atoms with Crippen molar-refractivity contribution in [3.05, 3.63) is 88.6 Å². The predicted molar refractivity (Wildman–Crippen MR) is 151 cm³/mol. The summed E-state index contributed by atoms with van der Waals surface area (Å²) in [6.07, 6.45) is 0. The highest BCUT2D eigenvalue weighted by Crippen LogP contribution is 2.24. The highest BCUT2D eigenvalue weighted by molar-refractivity contribution is 5.96. The minimum atomic E-state index is 0.0196. The molecule has 2 aromatic carbocycles. The zero-order valence-corrected chi connectivity index (χ0v) is 22.5. The van der Waals surface area contributed by atoms with Gasteiger partial charge >= 0.3 is 0 Å². The molecule has 8 nitrogen and oxygen atoms in total. The molecule has 3 aromatic rings. The molecule has 0 unspecified atom stereocenters. The lowest BCUT2D eigenvalue weighted by Crippen LogP contribution is -2.54. The van der Waals surface area contributed by atoms with E-state index in [0.717, 1.165) is 66.5 Å². The van der Waals surface area contributed by atoms with Gasteiger partial charge in [0.15, 0.2) is 0 Å². The van der Waals surface area contributed by atoms with Crippen LogP contribution < -0.4 is 9.80 Å². The second-order valence-electron chi connectivity index (χ2n) is 10.3. The van der Waals surface area contributed by atoms with Crippen molar-refractivity contribution < 1.29 is 4.79 Å². The first-order valence-electron chi connectivity index (χ1n) is 13.5. The number of aryl methyl sites for hydroxylation is 1. The number of pyridine rings is 1. The number of benzene rings is 2. The third kappa shape index (κ3) is 5.72. The predicted octanol–water partition coefficient (Wildman–Crippen LogP) is 3.81. The maximum atomic E-state index is 13.7. The van der Waals surface area contributed by atoms with Crippen molar-refractivity contribution in [2.24, 2.45) is 0 Å². The maximum absolute atomic E-state index is 13.7. The quantitative estimate of drug-likeness (QED) is 0.506. The van der Waals surface area contributed by atoms with Crippen LogP contribution in [0.15, 0.2) is 60.7 Å². The Morgan fingerprint density at radius 3 is 2.44 bits per heavy atom. The van der Waals surface area contributed by atoms with Crippen LogP contribution in [0.3, 0.4) is 0 Å². The molecule has 0 bridgehead atoms. The molecule has 2 aliphatic heterocycles. The summed E-state index contributed by atoms with van der Waals surface area (Å²) in [4.78, 5) is 26.9. The van der Waals surface area contributed by atoms with E-state index in [2.05, 4.69) is 56.9 Å². The molecule has 0 aliphatic carbocycles. The Morgan fingerprint density at radius 1 is 0.923 bits per heavy atom. The number of hydrogen-bond donors (Lipinski definition) is 0. The standard InChI is InChI=1S/C31H33N7O/c1-23-10-11-25(22-35-12-14-36(15-13-35)29-8-4-3-6-26(29)19-32)18-28(23)31(39)38-17-16-37(21-24(38)2)30-9-5-7-27(20-33)34-30/h3-11,18,24H,12-17,21-22H2,1-2H3/t24-/m0/s1. The molecule has 1 aromatic heterocycles. The third-order valence-corrected chi connectivity index (χ3v) is 7.74. The molecule has 1 amide bonds. The highest BCUT2D eigenvalue weighted by atomic mass is 16.2. The number of rotatable bonds is 5. The van der Waals surface area contributed by atoms with Gasteiger partial charge in [0.2, 0.25) is 0 Å². The first-order valence-corrected chi connectivity index (χ1v) is 13.5. The van der Waals surface area contributed by atoms with Gasteiger partial charge < -0.3 is 14.7 Å². The van der Waals surface area contributed by atoms with Crippen molar-refractivity contribution in [2.45, 2.75) is 26.4 Å². The Kier molecular flexibility index (Phi) is 7.76. The van der Waals surface area contributed by atoms with Gasteiger partial charge in [-0.25, -0.2) is 4.98 Å². The lowest BCUT2D eigenvalue weighted by molar-refractivity contribution is 0.0672. The van der Waals surface area contributed by atoms with Gasteiger partial charge in [0.1, 0.15) is 23.7 Å². The Hall–Kier alpha value is -4.40. The SMILES string of the molecule is Cc1ccc(CN2CCN(c3ccccc3C#N)CC2)cc1C(=O)N1CCN(c2cccc(C#N)n2)C[C@@H]1C. The first-order chi connectivity index (χ1) is 19.0. The first kappa shape index (κ1) is 26.2. The number of amides is 1. The Morgan fingerprint density at radius 2 is 1.69 bits per heavy atom. The zero-order valence-electron chi connectivity index (χ0n) is 22.5. The van der Waals surface area contributed by atoms with E-state index < -0.39 is 0 Å². The van der Waals surface area contributed by atoms with Gasteiger partial charge in [-0.15, -0.1) is 0 Å². The summed E-state index contributed by atoms with van der Waals surface area (Å²) in [5.41, 5.74) is 5.01. The topological polar surface area (TPSA) is 90.5 Å². The largest absolute Gasteiger partial charge is 0.368 e. The maximum Gasteiger partial charge on any atom is 0.254 e. The molecule has 2 fully saturated rings. The number of para-hydroxylation sites is 1. The minimum Gasteiger partial charge on any atom is -0.368 e. The van der Waals surface area contributed by atoms with Crippen LogP contribution in [0.1, 0.15) is 39.7 Å². The molecule has 39 heavy (non-hydrogen) atoms. The van der Waals surface area contributed by atoms with Gasteiger partial charge in [0.25, 0.3) is 5.91 Å². The lowest BCUT2D eigenvalue weighted by atomic mass is 10.0. The van der Waals surface area contributed by atoms with E-state index in [0.29, 0.717) is 25.3 Å². The minimum absolute atomic E-state index is 0.0196. The second-order valence-corrected chi connectivity index (χ2v) is 10.3. The van der Waals surface area contributed by atoms with Crippen molar-refractivity contribution in [1.82, 2.24) is 14.8 Å². The number of hydrogen-bond acceptors (Lipinski definition) is 7.